The molecule has 1 aliphatic rings. The molecular weight excluding hydrogens is 280 g/mol. The highest BCUT2D eigenvalue weighted by molar-refractivity contribution is 6.35. The van der Waals surface area contributed by atoms with Crippen molar-refractivity contribution in [1.29, 1.82) is 0 Å². The molecule has 1 aromatic carbocycles. The summed E-state index contributed by atoms with van der Waals surface area (Å²) in [4.78, 5) is 23.8. The zero-order chi connectivity index (χ0) is 15.8. The summed E-state index contributed by atoms with van der Waals surface area (Å²) in [5.74, 6) is -0.332. The predicted molar refractivity (Wildman–Crippen MR) is 84.5 cm³/mol. The molecule has 2 N–H and O–H groups in total. The summed E-state index contributed by atoms with van der Waals surface area (Å²) in [7, 11) is 1.61. The van der Waals surface area contributed by atoms with Crippen LogP contribution in [0.15, 0.2) is 24.3 Å². The average Bonchev–Trinajstić information content (AvgIpc) is 2.81. The Labute approximate surface area is 131 Å². The van der Waals surface area contributed by atoms with E-state index in [9.17, 15) is 9.59 Å². The van der Waals surface area contributed by atoms with E-state index < -0.39 is 11.8 Å². The fourth-order valence-corrected chi connectivity index (χ4v) is 2.68. The minimum Gasteiger partial charge on any atom is -0.497 e. The highest BCUT2D eigenvalue weighted by Crippen LogP contribution is 2.17. The van der Waals surface area contributed by atoms with Crippen LogP contribution in [0.1, 0.15) is 44.1 Å². The molecule has 120 valence electrons. The van der Waals surface area contributed by atoms with Crippen molar-refractivity contribution in [1.82, 2.24) is 10.6 Å². The molecule has 22 heavy (non-hydrogen) atoms. The van der Waals surface area contributed by atoms with Crippen LogP contribution in [-0.2, 0) is 16.1 Å². The lowest BCUT2D eigenvalue weighted by molar-refractivity contribution is -0.139. The number of hydrogen-bond donors (Lipinski definition) is 2. The van der Waals surface area contributed by atoms with Gasteiger partial charge in [-0.2, -0.15) is 0 Å². The Morgan fingerprint density at radius 2 is 1.68 bits per heavy atom. The van der Waals surface area contributed by atoms with Crippen LogP contribution in [-0.4, -0.2) is 25.0 Å². The second-order valence-electron chi connectivity index (χ2n) is 5.69. The monoisotopic (exact) mass is 304 g/mol. The van der Waals surface area contributed by atoms with Crippen LogP contribution in [0.2, 0.25) is 0 Å². The molecule has 5 heteroatoms. The molecular formula is C17H24N2O3. The molecule has 2 amide bonds. The number of rotatable bonds is 4. The Kier molecular flexibility index (Phi) is 6.25. The van der Waals surface area contributed by atoms with Gasteiger partial charge in [0.1, 0.15) is 5.75 Å². The number of benzene rings is 1. The van der Waals surface area contributed by atoms with E-state index >= 15 is 0 Å². The van der Waals surface area contributed by atoms with Gasteiger partial charge in [0.05, 0.1) is 7.11 Å². The topological polar surface area (TPSA) is 67.4 Å². The quantitative estimate of drug-likeness (QED) is 0.661. The van der Waals surface area contributed by atoms with Crippen molar-refractivity contribution in [2.24, 2.45) is 0 Å². The zero-order valence-electron chi connectivity index (χ0n) is 13.1. The normalized spacial score (nSPS) is 15.7. The number of hydrogen-bond acceptors (Lipinski definition) is 3. The van der Waals surface area contributed by atoms with Crippen molar-refractivity contribution in [3.63, 3.8) is 0 Å². The fraction of sp³-hybridized carbons (Fsp3) is 0.529. The predicted octanol–water partition coefficient (Wildman–Crippen LogP) is 2.15. The van der Waals surface area contributed by atoms with Gasteiger partial charge in [0, 0.05) is 12.6 Å². The van der Waals surface area contributed by atoms with Gasteiger partial charge in [-0.1, -0.05) is 37.8 Å². The number of carbonyl (C=O) groups excluding carboxylic acids is 2. The van der Waals surface area contributed by atoms with Crippen LogP contribution in [0.25, 0.3) is 0 Å². The lowest BCUT2D eigenvalue weighted by Gasteiger charge is -2.15. The number of ether oxygens (including phenoxy) is 1. The summed E-state index contributed by atoms with van der Waals surface area (Å²) < 4.78 is 5.08. The Morgan fingerprint density at radius 1 is 1.05 bits per heavy atom. The van der Waals surface area contributed by atoms with Gasteiger partial charge in [-0.3, -0.25) is 9.59 Å². The van der Waals surface area contributed by atoms with Crippen molar-refractivity contribution in [2.75, 3.05) is 7.11 Å². The molecule has 0 heterocycles. The molecule has 0 radical (unpaired) electrons. The highest BCUT2D eigenvalue weighted by Gasteiger charge is 2.19. The van der Waals surface area contributed by atoms with Gasteiger partial charge in [0.15, 0.2) is 0 Å². The molecule has 1 saturated carbocycles. The second-order valence-corrected chi connectivity index (χ2v) is 5.69. The van der Waals surface area contributed by atoms with E-state index in [0.29, 0.717) is 6.54 Å². The van der Waals surface area contributed by atoms with Gasteiger partial charge in [-0.05, 0) is 30.5 Å². The van der Waals surface area contributed by atoms with Crippen molar-refractivity contribution in [3.05, 3.63) is 29.8 Å². The zero-order valence-corrected chi connectivity index (χ0v) is 13.1. The molecule has 0 spiro atoms. The number of nitrogens with one attached hydrogen (secondary N) is 2. The van der Waals surface area contributed by atoms with Gasteiger partial charge >= 0.3 is 11.8 Å². The summed E-state index contributed by atoms with van der Waals surface area (Å²) in [6, 6.07) is 7.52. The molecule has 1 aromatic rings. The molecule has 0 aromatic heterocycles. The lowest BCUT2D eigenvalue weighted by Crippen LogP contribution is -2.44. The average molecular weight is 304 g/mol. The second kappa shape index (κ2) is 8.41. The smallest absolute Gasteiger partial charge is 0.309 e. The van der Waals surface area contributed by atoms with Gasteiger partial charge in [-0.25, -0.2) is 0 Å². The van der Waals surface area contributed by atoms with Crippen LogP contribution in [0.5, 0.6) is 5.75 Å². The van der Waals surface area contributed by atoms with Gasteiger partial charge in [0.25, 0.3) is 0 Å². The minimum absolute atomic E-state index is 0.140. The molecule has 2 rings (SSSR count). The first-order valence-corrected chi connectivity index (χ1v) is 7.90. The first-order chi connectivity index (χ1) is 10.7. The van der Waals surface area contributed by atoms with E-state index in [1.165, 1.54) is 12.8 Å². The van der Waals surface area contributed by atoms with Crippen LogP contribution in [0, 0.1) is 0 Å². The highest BCUT2D eigenvalue weighted by atomic mass is 16.5. The summed E-state index contributed by atoms with van der Waals surface area (Å²) >= 11 is 0. The number of carbonyl (C=O) groups is 2. The van der Waals surface area contributed by atoms with E-state index in [-0.39, 0.29) is 6.04 Å². The SMILES string of the molecule is COc1ccc(CNC(=O)C(=O)NC2CCCCCC2)cc1. The molecule has 0 aliphatic heterocycles. The third kappa shape index (κ3) is 5.06. The summed E-state index contributed by atoms with van der Waals surface area (Å²) in [6.07, 6.45) is 6.62. The molecule has 1 fully saturated rings. The maximum atomic E-state index is 11.9. The Morgan fingerprint density at radius 3 is 2.27 bits per heavy atom. The molecule has 5 nitrogen and oxygen atoms in total. The van der Waals surface area contributed by atoms with E-state index in [0.717, 1.165) is 37.0 Å². The Balaban J connectivity index is 1.76. The fourth-order valence-electron chi connectivity index (χ4n) is 2.68. The summed E-state index contributed by atoms with van der Waals surface area (Å²) in [6.45, 7) is 0.334. The van der Waals surface area contributed by atoms with Gasteiger partial charge < -0.3 is 15.4 Å². The molecule has 0 saturated heterocycles. The standard InChI is InChI=1S/C17H24N2O3/c1-22-15-10-8-13(9-11-15)12-18-16(20)17(21)19-14-6-4-2-3-5-7-14/h8-11,14H,2-7,12H2,1H3,(H,18,20)(H,19,21). The maximum absolute atomic E-state index is 11.9. The van der Waals surface area contributed by atoms with Crippen LogP contribution in [0.4, 0.5) is 0 Å². The van der Waals surface area contributed by atoms with Gasteiger partial charge in [-0.15, -0.1) is 0 Å². The maximum Gasteiger partial charge on any atom is 0.309 e. The molecule has 1 aliphatic carbocycles. The Hall–Kier alpha value is -2.04. The lowest BCUT2D eigenvalue weighted by atomic mass is 10.1. The number of amides is 2. The van der Waals surface area contributed by atoms with Crippen molar-refractivity contribution < 1.29 is 14.3 Å². The van der Waals surface area contributed by atoms with Crippen LogP contribution < -0.4 is 15.4 Å². The van der Waals surface area contributed by atoms with Crippen LogP contribution in [0.3, 0.4) is 0 Å². The van der Waals surface area contributed by atoms with Crippen molar-refractivity contribution in [2.45, 2.75) is 51.1 Å². The van der Waals surface area contributed by atoms with E-state index in [1.54, 1.807) is 7.11 Å². The van der Waals surface area contributed by atoms with Crippen molar-refractivity contribution in [3.8, 4) is 5.75 Å². The minimum atomic E-state index is -0.569. The molecule has 0 bridgehead atoms. The largest absolute Gasteiger partial charge is 0.497 e. The molecule has 0 unspecified atom stereocenters. The third-order valence-corrected chi connectivity index (χ3v) is 4.01. The number of methoxy groups -OCH3 is 1. The summed E-state index contributed by atoms with van der Waals surface area (Å²) in [5, 5.41) is 5.49. The Bertz CT molecular complexity index is 491. The van der Waals surface area contributed by atoms with E-state index in [1.807, 2.05) is 24.3 Å². The molecule has 0 atom stereocenters. The summed E-state index contributed by atoms with van der Waals surface area (Å²) in [5.41, 5.74) is 0.927. The van der Waals surface area contributed by atoms with Gasteiger partial charge in [0.2, 0.25) is 0 Å². The first kappa shape index (κ1) is 16.3. The van der Waals surface area contributed by atoms with E-state index in [4.69, 9.17) is 4.74 Å². The van der Waals surface area contributed by atoms with Crippen LogP contribution >= 0.6 is 0 Å². The first-order valence-electron chi connectivity index (χ1n) is 7.90. The van der Waals surface area contributed by atoms with E-state index in [2.05, 4.69) is 10.6 Å². The third-order valence-electron chi connectivity index (χ3n) is 4.01. The van der Waals surface area contributed by atoms with Crippen molar-refractivity contribution >= 4 is 11.8 Å².